The van der Waals surface area contributed by atoms with Gasteiger partial charge in [-0.1, -0.05) is 6.07 Å². The van der Waals surface area contributed by atoms with Crippen LogP contribution in [-0.4, -0.2) is 29.4 Å². The van der Waals surface area contributed by atoms with Crippen molar-refractivity contribution in [3.05, 3.63) is 34.7 Å². The molecule has 1 saturated carbocycles. The van der Waals surface area contributed by atoms with Gasteiger partial charge in [0.15, 0.2) is 0 Å². The van der Waals surface area contributed by atoms with Crippen molar-refractivity contribution in [1.29, 1.82) is 0 Å². The van der Waals surface area contributed by atoms with E-state index >= 15 is 0 Å². The summed E-state index contributed by atoms with van der Waals surface area (Å²) in [5.41, 5.74) is 0.391. The third kappa shape index (κ3) is 3.41. The van der Waals surface area contributed by atoms with E-state index in [0.717, 1.165) is 19.5 Å². The van der Waals surface area contributed by atoms with Crippen LogP contribution in [0.2, 0.25) is 0 Å². The molecule has 0 bridgehead atoms. The van der Waals surface area contributed by atoms with Gasteiger partial charge < -0.3 is 15.0 Å². The number of hydrogen-bond donors (Lipinski definition) is 2. The summed E-state index contributed by atoms with van der Waals surface area (Å²) in [5.74, 6) is 0. The summed E-state index contributed by atoms with van der Waals surface area (Å²) in [7, 11) is 0. The van der Waals surface area contributed by atoms with E-state index in [1.807, 2.05) is 12.3 Å². The van der Waals surface area contributed by atoms with Gasteiger partial charge >= 0.3 is 0 Å². The molecular formula is C13H20N2O2. The Bertz CT molecular complexity index is 410. The number of hydrogen-bond acceptors (Lipinski definition) is 3. The van der Waals surface area contributed by atoms with Gasteiger partial charge in [-0.3, -0.25) is 4.79 Å². The molecule has 1 aliphatic rings. The largest absolute Gasteiger partial charge is 0.396 e. The van der Waals surface area contributed by atoms with Gasteiger partial charge in [-0.15, -0.1) is 0 Å². The van der Waals surface area contributed by atoms with Gasteiger partial charge in [0.25, 0.3) is 5.56 Å². The Morgan fingerprint density at radius 1 is 1.41 bits per heavy atom. The topological polar surface area (TPSA) is 54.3 Å². The molecule has 1 fully saturated rings. The first-order valence-electron chi connectivity index (χ1n) is 6.23. The van der Waals surface area contributed by atoms with Crippen molar-refractivity contribution < 1.29 is 5.11 Å². The SMILES string of the molecule is O=c1ccccn1CCNCC1(CCO)CC1. The van der Waals surface area contributed by atoms with Crippen LogP contribution in [0.25, 0.3) is 0 Å². The Morgan fingerprint density at radius 3 is 2.88 bits per heavy atom. The number of pyridine rings is 1. The molecular weight excluding hydrogens is 216 g/mol. The Hall–Kier alpha value is -1.13. The highest BCUT2D eigenvalue weighted by molar-refractivity contribution is 4.95. The van der Waals surface area contributed by atoms with E-state index in [4.69, 9.17) is 5.11 Å². The molecule has 4 heteroatoms. The zero-order valence-corrected chi connectivity index (χ0v) is 10.1. The predicted molar refractivity (Wildman–Crippen MR) is 66.9 cm³/mol. The lowest BCUT2D eigenvalue weighted by Crippen LogP contribution is -2.30. The second-order valence-electron chi connectivity index (χ2n) is 4.88. The van der Waals surface area contributed by atoms with E-state index in [-0.39, 0.29) is 12.2 Å². The molecule has 0 aliphatic heterocycles. The molecule has 0 unspecified atom stereocenters. The number of nitrogens with zero attached hydrogens (tertiary/aromatic N) is 1. The maximum absolute atomic E-state index is 11.4. The molecule has 4 nitrogen and oxygen atoms in total. The molecule has 0 amide bonds. The maximum atomic E-state index is 11.4. The second kappa shape index (κ2) is 5.47. The van der Waals surface area contributed by atoms with E-state index in [0.29, 0.717) is 12.0 Å². The highest BCUT2D eigenvalue weighted by Gasteiger charge is 2.41. The van der Waals surface area contributed by atoms with Crippen molar-refractivity contribution in [1.82, 2.24) is 9.88 Å². The molecule has 0 radical (unpaired) electrons. The summed E-state index contributed by atoms with van der Waals surface area (Å²) in [6, 6.07) is 5.20. The van der Waals surface area contributed by atoms with Crippen molar-refractivity contribution >= 4 is 0 Å². The standard InChI is InChI=1S/C13H20N2O2/c16-10-6-13(4-5-13)11-14-7-9-15-8-2-1-3-12(15)17/h1-3,8,14,16H,4-7,9-11H2. The van der Waals surface area contributed by atoms with Crippen LogP contribution in [0.1, 0.15) is 19.3 Å². The summed E-state index contributed by atoms with van der Waals surface area (Å²) in [4.78, 5) is 11.4. The first-order valence-corrected chi connectivity index (χ1v) is 6.23. The van der Waals surface area contributed by atoms with Crippen molar-refractivity contribution in [3.63, 3.8) is 0 Å². The Morgan fingerprint density at radius 2 is 2.24 bits per heavy atom. The Balaban J connectivity index is 1.70. The molecule has 2 rings (SSSR count). The minimum absolute atomic E-state index is 0.0470. The smallest absolute Gasteiger partial charge is 0.250 e. The lowest BCUT2D eigenvalue weighted by molar-refractivity contribution is 0.245. The van der Waals surface area contributed by atoms with E-state index < -0.39 is 0 Å². The number of aliphatic hydroxyl groups excluding tert-OH is 1. The number of nitrogens with one attached hydrogen (secondary N) is 1. The fourth-order valence-corrected chi connectivity index (χ4v) is 2.13. The monoisotopic (exact) mass is 236 g/mol. The second-order valence-corrected chi connectivity index (χ2v) is 4.88. The molecule has 1 aliphatic carbocycles. The summed E-state index contributed by atoms with van der Waals surface area (Å²) < 4.78 is 1.71. The molecule has 17 heavy (non-hydrogen) atoms. The van der Waals surface area contributed by atoms with Crippen LogP contribution < -0.4 is 10.9 Å². The first-order chi connectivity index (χ1) is 8.26. The molecule has 1 heterocycles. The first kappa shape index (κ1) is 12.3. The van der Waals surface area contributed by atoms with Crippen molar-refractivity contribution in [2.75, 3.05) is 19.7 Å². The van der Waals surface area contributed by atoms with E-state index in [2.05, 4.69) is 5.32 Å². The molecule has 0 spiro atoms. The molecule has 1 aromatic rings. The van der Waals surface area contributed by atoms with Gasteiger partial charge in [0.05, 0.1) is 0 Å². The van der Waals surface area contributed by atoms with Crippen LogP contribution in [0, 0.1) is 5.41 Å². The van der Waals surface area contributed by atoms with Gasteiger partial charge in [-0.25, -0.2) is 0 Å². The minimum atomic E-state index is 0.0470. The van der Waals surface area contributed by atoms with Crippen LogP contribution in [0.5, 0.6) is 0 Å². The lowest BCUT2D eigenvalue weighted by atomic mass is 10.0. The number of aromatic nitrogens is 1. The van der Waals surface area contributed by atoms with Crippen LogP contribution >= 0.6 is 0 Å². The fourth-order valence-electron chi connectivity index (χ4n) is 2.13. The summed E-state index contributed by atoms with van der Waals surface area (Å²) in [6.45, 7) is 2.74. The molecule has 0 saturated heterocycles. The van der Waals surface area contributed by atoms with E-state index in [1.165, 1.54) is 12.8 Å². The molecule has 94 valence electrons. The highest BCUT2D eigenvalue weighted by atomic mass is 16.3. The average Bonchev–Trinajstić information content (AvgIpc) is 3.08. The molecule has 0 aromatic carbocycles. The normalized spacial score (nSPS) is 17.0. The molecule has 2 N–H and O–H groups in total. The van der Waals surface area contributed by atoms with Crippen LogP contribution in [0.15, 0.2) is 29.2 Å². The van der Waals surface area contributed by atoms with Crippen LogP contribution in [0.4, 0.5) is 0 Å². The lowest BCUT2D eigenvalue weighted by Gasteiger charge is -2.14. The Kier molecular flexibility index (Phi) is 3.97. The van der Waals surface area contributed by atoms with Gasteiger partial charge in [0.1, 0.15) is 0 Å². The van der Waals surface area contributed by atoms with Gasteiger partial charge in [-0.2, -0.15) is 0 Å². The third-order valence-corrected chi connectivity index (χ3v) is 3.53. The Labute approximate surface area is 101 Å². The zero-order chi connectivity index (χ0) is 12.1. The number of aliphatic hydroxyl groups is 1. The average molecular weight is 236 g/mol. The number of rotatable bonds is 7. The molecule has 1 aromatic heterocycles. The van der Waals surface area contributed by atoms with Crippen molar-refractivity contribution in [3.8, 4) is 0 Å². The summed E-state index contributed by atoms with van der Waals surface area (Å²) in [6.07, 6.45) is 5.13. The summed E-state index contributed by atoms with van der Waals surface area (Å²) in [5, 5.41) is 12.3. The van der Waals surface area contributed by atoms with Crippen molar-refractivity contribution in [2.24, 2.45) is 5.41 Å². The van der Waals surface area contributed by atoms with Crippen molar-refractivity contribution in [2.45, 2.75) is 25.8 Å². The minimum Gasteiger partial charge on any atom is -0.396 e. The van der Waals surface area contributed by atoms with Crippen LogP contribution in [0.3, 0.4) is 0 Å². The molecule has 0 atom stereocenters. The van der Waals surface area contributed by atoms with E-state index in [1.54, 1.807) is 16.7 Å². The van der Waals surface area contributed by atoms with Gasteiger partial charge in [0, 0.05) is 38.5 Å². The summed E-state index contributed by atoms with van der Waals surface area (Å²) >= 11 is 0. The third-order valence-electron chi connectivity index (χ3n) is 3.53. The quantitative estimate of drug-likeness (QED) is 0.682. The van der Waals surface area contributed by atoms with Crippen LogP contribution in [-0.2, 0) is 6.54 Å². The van der Waals surface area contributed by atoms with Gasteiger partial charge in [0.2, 0.25) is 0 Å². The fraction of sp³-hybridized carbons (Fsp3) is 0.615. The van der Waals surface area contributed by atoms with E-state index in [9.17, 15) is 4.79 Å². The van der Waals surface area contributed by atoms with Gasteiger partial charge in [-0.05, 0) is 30.7 Å². The zero-order valence-electron chi connectivity index (χ0n) is 10.1. The maximum Gasteiger partial charge on any atom is 0.250 e. The predicted octanol–water partition coefficient (Wildman–Crippen LogP) is 0.600. The highest BCUT2D eigenvalue weighted by Crippen LogP contribution is 2.47.